The number of hydrogen-bond acceptors (Lipinski definition) is 14. The van der Waals surface area contributed by atoms with Crippen molar-refractivity contribution >= 4 is 34.1 Å². The average molecular weight is 873 g/mol. The van der Waals surface area contributed by atoms with Crippen LogP contribution in [-0.2, 0) is 28.5 Å². The molecule has 8 heterocycles. The minimum atomic E-state index is -1.94. The van der Waals surface area contributed by atoms with E-state index < -0.39 is 70.6 Å². The Morgan fingerprint density at radius 2 is 1.70 bits per heavy atom. The van der Waals surface area contributed by atoms with Crippen LogP contribution in [0.25, 0.3) is 10.8 Å². The van der Waals surface area contributed by atoms with Crippen LogP contribution in [0.2, 0.25) is 0 Å². The zero-order chi connectivity index (χ0) is 46.1. The van der Waals surface area contributed by atoms with E-state index in [1.165, 1.54) is 27.2 Å². The maximum Gasteiger partial charge on any atom is 0.312 e. The number of nitrogens with one attached hydrogen (secondary N) is 1. The number of anilines is 1. The number of aliphatic hydroxyl groups excluding tert-OH is 1. The number of ketones is 1. The van der Waals surface area contributed by atoms with Gasteiger partial charge in [-0.25, -0.2) is 4.99 Å². The van der Waals surface area contributed by atoms with E-state index in [1.807, 2.05) is 40.7 Å². The summed E-state index contributed by atoms with van der Waals surface area (Å²) in [6.07, 6.45) is 6.51. The highest BCUT2D eigenvalue weighted by molar-refractivity contribution is 6.21. The summed E-state index contributed by atoms with van der Waals surface area (Å²) in [6.45, 7) is 22.3. The normalized spacial score (nSPS) is 35.0. The van der Waals surface area contributed by atoms with Gasteiger partial charge < -0.3 is 49.2 Å². The van der Waals surface area contributed by atoms with Crippen molar-refractivity contribution in [2.45, 2.75) is 130 Å². The van der Waals surface area contributed by atoms with Crippen LogP contribution in [0.4, 0.5) is 5.69 Å². The van der Waals surface area contributed by atoms with Gasteiger partial charge in [0.15, 0.2) is 5.75 Å². The first-order valence-corrected chi connectivity index (χ1v) is 22.1. The minimum Gasteiger partial charge on any atom is -0.507 e. The molecule has 2 fully saturated rings. The number of rotatable bonds is 4. The van der Waals surface area contributed by atoms with E-state index >= 15 is 0 Å². The molecule has 10 atom stereocenters. The van der Waals surface area contributed by atoms with Gasteiger partial charge >= 0.3 is 11.8 Å². The van der Waals surface area contributed by atoms with Crippen molar-refractivity contribution in [3.63, 3.8) is 0 Å². The highest BCUT2D eigenvalue weighted by Crippen LogP contribution is 2.51. The fourth-order valence-corrected chi connectivity index (χ4v) is 10.2. The largest absolute Gasteiger partial charge is 0.507 e. The summed E-state index contributed by atoms with van der Waals surface area (Å²) in [5.74, 6) is -5.47. The lowest BCUT2D eigenvalue weighted by Gasteiger charge is -2.54. The Morgan fingerprint density at radius 1 is 1.02 bits per heavy atom. The van der Waals surface area contributed by atoms with E-state index in [2.05, 4.69) is 29.1 Å². The number of piperidine rings is 1. The molecule has 1 amide bonds. The molecule has 7 bridgehead atoms. The third-order valence-electron chi connectivity index (χ3n) is 14.2. The number of likely N-dealkylation sites (tertiary alicyclic amines) is 1. The molecule has 10 rings (SSSR count). The lowest BCUT2D eigenvalue weighted by atomic mass is 9.70. The van der Waals surface area contributed by atoms with Crippen molar-refractivity contribution in [2.75, 3.05) is 32.1 Å². The highest BCUT2D eigenvalue weighted by Gasteiger charge is 2.53. The van der Waals surface area contributed by atoms with E-state index in [1.54, 1.807) is 32.1 Å². The summed E-state index contributed by atoms with van der Waals surface area (Å²) in [4.78, 5) is 53.3. The molecular formula is C48H64N4O11. The lowest BCUT2D eigenvalue weighted by Crippen LogP contribution is -2.60. The van der Waals surface area contributed by atoms with Gasteiger partial charge in [0, 0.05) is 93.6 Å². The van der Waals surface area contributed by atoms with Crippen LogP contribution >= 0.6 is 0 Å². The Bertz CT molecular complexity index is 2420. The van der Waals surface area contributed by atoms with E-state index in [0.29, 0.717) is 24.4 Å². The highest BCUT2D eigenvalue weighted by atomic mass is 16.7. The molecule has 63 heavy (non-hydrogen) atoms. The number of aliphatic hydroxyl groups is 1. The Hall–Kier alpha value is -4.83. The van der Waals surface area contributed by atoms with Gasteiger partial charge in [0.25, 0.3) is 11.7 Å². The fourth-order valence-electron chi connectivity index (χ4n) is 10.2. The number of allylic oxidation sites excluding steroid dienone is 2. The number of carbonyl (C=O) groups is 3. The molecule has 15 nitrogen and oxygen atoms in total. The number of esters is 1. The molecular weight excluding hydrogens is 809 g/mol. The molecule has 1 spiro atoms. The fraction of sp³-hybridized carbons (Fsp3) is 0.604. The zero-order valence-electron chi connectivity index (χ0n) is 38.6. The SMILES string of the molecule is CO[C@H]1/C=C/O[C@@]2(C)Oc3c(C)c(O)c4c(O)c(c5c(c4c3C2=O)NC2(CCN(CC(C)C)CC2)N=5)=NC(=O)/C(C)=C\C=C\[C@]2(C)O[C@H]([C@@H](C)[C@@H](O)[C@@H](C)[C@H](OC(C)=O)[C@@H]1C)[C@H]2C. The van der Waals surface area contributed by atoms with E-state index in [4.69, 9.17) is 28.7 Å². The van der Waals surface area contributed by atoms with Crippen LogP contribution in [0, 0.1) is 36.5 Å². The molecule has 0 aromatic heterocycles. The van der Waals surface area contributed by atoms with Crippen LogP contribution < -0.4 is 20.8 Å². The second-order valence-corrected chi connectivity index (χ2v) is 19.2. The van der Waals surface area contributed by atoms with Crippen molar-refractivity contribution in [1.29, 1.82) is 0 Å². The first-order chi connectivity index (χ1) is 29.6. The molecule has 342 valence electrons. The number of phenolic OH excluding ortho intramolecular Hbond substituents is 2. The lowest BCUT2D eigenvalue weighted by molar-refractivity contribution is -0.251. The molecule has 2 aromatic rings. The van der Waals surface area contributed by atoms with Gasteiger partial charge in [-0.15, -0.1) is 0 Å². The first-order valence-electron chi connectivity index (χ1n) is 22.1. The second kappa shape index (κ2) is 16.9. The molecule has 0 radical (unpaired) electrons. The molecule has 15 heteroatoms. The van der Waals surface area contributed by atoms with Crippen molar-refractivity contribution in [2.24, 2.45) is 39.6 Å². The smallest absolute Gasteiger partial charge is 0.312 e. The third-order valence-corrected chi connectivity index (χ3v) is 14.2. The topological polar surface area (TPSA) is 198 Å². The van der Waals surface area contributed by atoms with Crippen LogP contribution in [0.15, 0.2) is 46.1 Å². The molecule has 4 N–H and O–H groups in total. The summed E-state index contributed by atoms with van der Waals surface area (Å²) in [5.41, 5.74) is -0.718. The molecule has 2 aromatic carbocycles. The number of nitrogens with zero attached hydrogens (tertiary/aromatic N) is 3. The predicted octanol–water partition coefficient (Wildman–Crippen LogP) is 5.55. The van der Waals surface area contributed by atoms with E-state index in [-0.39, 0.29) is 67.6 Å². The summed E-state index contributed by atoms with van der Waals surface area (Å²) in [5, 5.41) is 39.6. The average Bonchev–Trinajstić information content (AvgIpc) is 3.73. The Morgan fingerprint density at radius 3 is 2.32 bits per heavy atom. The number of aromatic hydroxyl groups is 2. The van der Waals surface area contributed by atoms with Gasteiger partial charge in [-0.3, -0.25) is 19.4 Å². The Balaban J connectivity index is 1.40. The van der Waals surface area contributed by atoms with Crippen LogP contribution in [-0.4, -0.2) is 106 Å². The quantitative estimate of drug-likeness (QED) is 0.221. The number of hydrogen-bond donors (Lipinski definition) is 4. The van der Waals surface area contributed by atoms with Gasteiger partial charge in [-0.05, 0) is 32.8 Å². The Kier molecular flexibility index (Phi) is 12.4. The van der Waals surface area contributed by atoms with E-state index in [9.17, 15) is 29.7 Å². The van der Waals surface area contributed by atoms with Gasteiger partial charge in [0.05, 0.1) is 46.8 Å². The minimum absolute atomic E-state index is 0.0410. The van der Waals surface area contributed by atoms with Crippen LogP contribution in [0.5, 0.6) is 17.2 Å². The molecule has 2 saturated heterocycles. The summed E-state index contributed by atoms with van der Waals surface area (Å²) >= 11 is 0. The van der Waals surface area contributed by atoms with Gasteiger partial charge in [-0.2, -0.15) is 0 Å². The number of carbonyl (C=O) groups excluding carboxylic acids is 3. The molecule has 0 unspecified atom stereocenters. The number of methoxy groups -OCH3 is 1. The molecule has 0 aliphatic carbocycles. The van der Waals surface area contributed by atoms with Crippen LogP contribution in [0.1, 0.15) is 98.0 Å². The van der Waals surface area contributed by atoms with Crippen molar-refractivity contribution in [1.82, 2.24) is 4.90 Å². The van der Waals surface area contributed by atoms with Crippen molar-refractivity contribution in [3.05, 3.63) is 58.0 Å². The van der Waals surface area contributed by atoms with Gasteiger partial charge in [-0.1, -0.05) is 59.8 Å². The number of Topliss-reactive ketones (excluding diaryl/α,β-unsaturated/α-hetero) is 1. The maximum absolute atomic E-state index is 14.8. The van der Waals surface area contributed by atoms with Crippen molar-refractivity contribution < 1.29 is 53.4 Å². The molecule has 8 aliphatic rings. The second-order valence-electron chi connectivity index (χ2n) is 19.2. The van der Waals surface area contributed by atoms with E-state index in [0.717, 1.165) is 19.6 Å². The molecule has 8 aliphatic heterocycles. The number of benzene rings is 2. The predicted molar refractivity (Wildman–Crippen MR) is 235 cm³/mol. The molecule has 0 saturated carbocycles. The Labute approximate surface area is 368 Å². The summed E-state index contributed by atoms with van der Waals surface area (Å²) < 4.78 is 30.7. The van der Waals surface area contributed by atoms with Crippen molar-refractivity contribution in [3.8, 4) is 17.2 Å². The maximum atomic E-state index is 14.8. The number of ether oxygens (including phenoxy) is 5. The monoisotopic (exact) mass is 872 g/mol. The zero-order valence-corrected chi connectivity index (χ0v) is 38.6. The van der Waals surface area contributed by atoms with Crippen LogP contribution in [0.3, 0.4) is 0 Å². The third kappa shape index (κ3) is 8.03. The number of amides is 1. The number of phenols is 2. The first kappa shape index (κ1) is 46.2. The summed E-state index contributed by atoms with van der Waals surface area (Å²) in [6, 6.07) is 0. The van der Waals surface area contributed by atoms with Gasteiger partial charge in [0.2, 0.25) is 0 Å². The summed E-state index contributed by atoms with van der Waals surface area (Å²) in [7, 11) is 1.50. The van der Waals surface area contributed by atoms with Gasteiger partial charge in [0.1, 0.15) is 34.0 Å². The standard InChI is InChI=1S/C48H64N4O11/c1-23(2)22-52-19-17-48(18-20-52)50-35-32-33-39(55)28(7)43-34(32)44(57)47(11,63-43)60-21-15-31(59-12)25(4)41(61-30(9)53)26(5)38(54)27(6)42-29(8)46(10,62-42)16-13-14-24(3)45(58)49-37(40(33)56)36(35)51-48/h13-16,21,23,25-27,29,31,38,41-42,50,54-56H,17-20,22H2,1-12H3/b16-13+,21-15+,24-14-,49-37?/t25-,26-,27+,29-,31+,38+,41-,42-,46+,47+/m1/s1.